The number of hydrogen-bond donors (Lipinski definition) is 0. The normalized spacial score (nSPS) is 16.2. The van der Waals surface area contributed by atoms with Crippen molar-refractivity contribution in [2.75, 3.05) is 13.6 Å². The van der Waals surface area contributed by atoms with Gasteiger partial charge in [0.05, 0.1) is 0 Å². The van der Waals surface area contributed by atoms with Crippen molar-refractivity contribution < 1.29 is 0 Å². The summed E-state index contributed by atoms with van der Waals surface area (Å²) in [6.07, 6.45) is 1.02. The van der Waals surface area contributed by atoms with E-state index in [1.807, 2.05) is 12.1 Å². The average molecular weight is 218 g/mol. The van der Waals surface area contributed by atoms with Crippen molar-refractivity contribution in [3.05, 3.63) is 33.7 Å². The van der Waals surface area contributed by atoms with Gasteiger partial charge in [-0.25, -0.2) is 0 Å². The molecular weight excluding hydrogens is 200 g/mol. The van der Waals surface area contributed by atoms with Crippen LogP contribution in [0.1, 0.15) is 36.5 Å². The number of fused-ring (bicyclic) bond motifs is 1. The van der Waals surface area contributed by atoms with E-state index in [-0.39, 0.29) is 0 Å². The lowest BCUT2D eigenvalue weighted by atomic mass is 9.89. The van der Waals surface area contributed by atoms with Crippen molar-refractivity contribution in [1.29, 1.82) is 0 Å². The largest absolute Gasteiger partial charge is 0.302 e. The monoisotopic (exact) mass is 218 g/mol. The van der Waals surface area contributed by atoms with Crippen molar-refractivity contribution in [3.8, 4) is 0 Å². The minimum absolute atomic E-state index is 0.446. The third-order valence-corrected chi connectivity index (χ3v) is 3.28. The molecule has 3 nitrogen and oxygen atoms in total. The van der Waals surface area contributed by atoms with Crippen LogP contribution in [0.3, 0.4) is 0 Å². The molecule has 0 fully saturated rings. The molecule has 0 atom stereocenters. The average Bonchev–Trinajstić information content (AvgIpc) is 2.27. The third kappa shape index (κ3) is 2.00. The van der Waals surface area contributed by atoms with Crippen molar-refractivity contribution in [3.63, 3.8) is 0 Å². The number of benzene rings is 1. The van der Waals surface area contributed by atoms with Crippen molar-refractivity contribution in [2.24, 2.45) is 5.18 Å². The van der Waals surface area contributed by atoms with Crippen LogP contribution in [0.25, 0.3) is 0 Å². The van der Waals surface area contributed by atoms with Gasteiger partial charge in [-0.15, -0.1) is 4.91 Å². The molecule has 0 saturated carbocycles. The zero-order valence-electron chi connectivity index (χ0n) is 10.2. The Morgan fingerprint density at radius 3 is 2.75 bits per heavy atom. The van der Waals surface area contributed by atoms with E-state index in [0.717, 1.165) is 19.5 Å². The Kier molecular flexibility index (Phi) is 3.06. The molecule has 0 spiro atoms. The predicted molar refractivity (Wildman–Crippen MR) is 66.0 cm³/mol. The van der Waals surface area contributed by atoms with Gasteiger partial charge in [-0.05, 0) is 53.4 Å². The Hall–Kier alpha value is -1.22. The van der Waals surface area contributed by atoms with Crippen LogP contribution in [0.4, 0.5) is 5.69 Å². The van der Waals surface area contributed by atoms with Gasteiger partial charge in [-0.3, -0.25) is 0 Å². The Balaban J connectivity index is 2.53. The molecule has 1 aliphatic rings. The zero-order chi connectivity index (χ0) is 11.7. The number of likely N-dealkylation sites (N-methyl/N-ethyl adjacent to an activating group) is 1. The maximum absolute atomic E-state index is 10.7. The fourth-order valence-electron chi connectivity index (χ4n) is 2.38. The highest BCUT2D eigenvalue weighted by atomic mass is 16.3. The first-order valence-corrected chi connectivity index (χ1v) is 5.79. The van der Waals surface area contributed by atoms with Crippen LogP contribution in [-0.2, 0) is 13.0 Å². The van der Waals surface area contributed by atoms with Gasteiger partial charge < -0.3 is 4.90 Å². The molecule has 16 heavy (non-hydrogen) atoms. The molecule has 0 amide bonds. The van der Waals surface area contributed by atoms with E-state index >= 15 is 0 Å². The molecule has 0 bridgehead atoms. The topological polar surface area (TPSA) is 32.7 Å². The summed E-state index contributed by atoms with van der Waals surface area (Å²) in [6.45, 7) is 6.38. The lowest BCUT2D eigenvalue weighted by molar-refractivity contribution is 0.311. The molecule has 1 aliphatic heterocycles. The zero-order valence-corrected chi connectivity index (χ0v) is 10.2. The van der Waals surface area contributed by atoms with Crippen molar-refractivity contribution >= 4 is 5.69 Å². The molecule has 0 unspecified atom stereocenters. The first-order valence-electron chi connectivity index (χ1n) is 5.79. The molecule has 1 heterocycles. The lowest BCUT2D eigenvalue weighted by Gasteiger charge is -2.28. The third-order valence-electron chi connectivity index (χ3n) is 3.28. The van der Waals surface area contributed by atoms with Crippen LogP contribution >= 0.6 is 0 Å². The van der Waals surface area contributed by atoms with Gasteiger partial charge in [0.2, 0.25) is 0 Å². The number of nitroso groups, excluding NO2 is 1. The molecule has 1 aromatic rings. The fourth-order valence-corrected chi connectivity index (χ4v) is 2.38. The van der Waals surface area contributed by atoms with Gasteiger partial charge in [-0.1, -0.05) is 13.8 Å². The highest BCUT2D eigenvalue weighted by Gasteiger charge is 2.19. The first kappa shape index (κ1) is 11.3. The van der Waals surface area contributed by atoms with Crippen LogP contribution in [0, 0.1) is 4.91 Å². The van der Waals surface area contributed by atoms with Gasteiger partial charge >= 0.3 is 0 Å². The van der Waals surface area contributed by atoms with E-state index in [4.69, 9.17) is 0 Å². The van der Waals surface area contributed by atoms with E-state index in [2.05, 4.69) is 31.0 Å². The number of rotatable bonds is 2. The molecule has 0 radical (unpaired) electrons. The molecule has 0 aromatic heterocycles. The molecule has 0 N–H and O–H groups in total. The quantitative estimate of drug-likeness (QED) is 0.714. The second kappa shape index (κ2) is 4.34. The molecule has 3 heteroatoms. The van der Waals surface area contributed by atoms with Crippen LogP contribution in [0.5, 0.6) is 0 Å². The highest BCUT2D eigenvalue weighted by molar-refractivity contribution is 5.51. The summed E-state index contributed by atoms with van der Waals surface area (Å²) in [6, 6.07) is 3.89. The van der Waals surface area contributed by atoms with E-state index < -0.39 is 0 Å². The standard InChI is InChI=1S/C13H18N2O/c1-9(2)12-7-11(14-16)6-10-4-5-15(3)8-13(10)12/h6-7,9H,4-5,8H2,1-3H3. The van der Waals surface area contributed by atoms with E-state index in [1.165, 1.54) is 16.7 Å². The van der Waals surface area contributed by atoms with Crippen molar-refractivity contribution in [2.45, 2.75) is 32.7 Å². The molecule has 0 saturated heterocycles. The molecule has 1 aromatic carbocycles. The minimum atomic E-state index is 0.446. The van der Waals surface area contributed by atoms with E-state index in [1.54, 1.807) is 0 Å². The Labute approximate surface area is 96.4 Å². The van der Waals surface area contributed by atoms with Crippen molar-refractivity contribution in [1.82, 2.24) is 4.90 Å². The van der Waals surface area contributed by atoms with Gasteiger partial charge in [0.25, 0.3) is 0 Å². The van der Waals surface area contributed by atoms with Crippen LogP contribution in [0.2, 0.25) is 0 Å². The maximum atomic E-state index is 10.7. The summed E-state index contributed by atoms with van der Waals surface area (Å²) in [5.74, 6) is 0.446. The number of hydrogen-bond acceptors (Lipinski definition) is 3. The second-order valence-corrected chi connectivity index (χ2v) is 4.91. The summed E-state index contributed by atoms with van der Waals surface area (Å²) in [4.78, 5) is 13.0. The summed E-state index contributed by atoms with van der Waals surface area (Å²) in [5, 5.41) is 3.08. The van der Waals surface area contributed by atoms with Gasteiger partial charge in [0, 0.05) is 13.1 Å². The first-order chi connectivity index (χ1) is 7.61. The van der Waals surface area contributed by atoms with Gasteiger partial charge in [-0.2, -0.15) is 0 Å². The summed E-state index contributed by atoms with van der Waals surface area (Å²) in [7, 11) is 2.14. The van der Waals surface area contributed by atoms with E-state index in [0.29, 0.717) is 11.6 Å². The van der Waals surface area contributed by atoms with Crippen LogP contribution in [-0.4, -0.2) is 18.5 Å². The maximum Gasteiger partial charge on any atom is 0.108 e. The second-order valence-electron chi connectivity index (χ2n) is 4.91. The Morgan fingerprint density at radius 2 is 2.12 bits per heavy atom. The van der Waals surface area contributed by atoms with E-state index in [9.17, 15) is 4.91 Å². The lowest BCUT2D eigenvalue weighted by Crippen LogP contribution is -2.27. The summed E-state index contributed by atoms with van der Waals surface area (Å²) >= 11 is 0. The molecular formula is C13H18N2O. The van der Waals surface area contributed by atoms with Gasteiger partial charge in [0.1, 0.15) is 5.69 Å². The highest BCUT2D eigenvalue weighted by Crippen LogP contribution is 2.31. The van der Waals surface area contributed by atoms with Crippen LogP contribution < -0.4 is 0 Å². The molecule has 86 valence electrons. The minimum Gasteiger partial charge on any atom is -0.302 e. The molecule has 2 rings (SSSR count). The smallest absolute Gasteiger partial charge is 0.108 e. The van der Waals surface area contributed by atoms with Crippen LogP contribution in [0.15, 0.2) is 17.3 Å². The SMILES string of the molecule is CC(C)c1cc(N=O)cc2c1CN(C)CC2. The predicted octanol–water partition coefficient (Wildman–Crippen LogP) is 3.20. The fraction of sp³-hybridized carbons (Fsp3) is 0.538. The van der Waals surface area contributed by atoms with Gasteiger partial charge in [0.15, 0.2) is 0 Å². The number of nitrogens with zero attached hydrogens (tertiary/aromatic N) is 2. The Morgan fingerprint density at radius 1 is 1.38 bits per heavy atom. The summed E-state index contributed by atoms with van der Waals surface area (Å²) in [5.41, 5.74) is 4.56. The summed E-state index contributed by atoms with van der Waals surface area (Å²) < 4.78 is 0. The Bertz CT molecular complexity index is 413. The molecule has 0 aliphatic carbocycles.